The number of anilines is 4. The van der Waals surface area contributed by atoms with Gasteiger partial charge in [-0.15, -0.1) is 0 Å². The van der Waals surface area contributed by atoms with Crippen LogP contribution in [0.2, 0.25) is 0 Å². The van der Waals surface area contributed by atoms with Crippen molar-refractivity contribution in [3.63, 3.8) is 0 Å². The number of hydrogen-bond donors (Lipinski definition) is 6. The molecule has 142 valence electrons. The molecule has 0 atom stereocenters. The van der Waals surface area contributed by atoms with Crippen molar-refractivity contribution in [2.45, 2.75) is 0 Å². The Kier molecular flexibility index (Phi) is 5.85. The van der Waals surface area contributed by atoms with Crippen molar-refractivity contribution in [3.05, 3.63) is 83.9 Å². The number of hydrogen-bond acceptors (Lipinski definition) is 6. The van der Waals surface area contributed by atoms with Crippen LogP contribution in [0.1, 0.15) is 20.7 Å². The van der Waals surface area contributed by atoms with Gasteiger partial charge in [-0.05, 0) is 36.4 Å². The van der Waals surface area contributed by atoms with E-state index in [1.807, 2.05) is 12.1 Å². The molecule has 8 nitrogen and oxygen atoms in total. The molecule has 28 heavy (non-hydrogen) atoms. The predicted octanol–water partition coefficient (Wildman–Crippen LogP) is 3.41. The van der Waals surface area contributed by atoms with E-state index < -0.39 is 11.8 Å². The van der Waals surface area contributed by atoms with Crippen LogP contribution in [0.25, 0.3) is 0 Å². The van der Waals surface area contributed by atoms with Crippen LogP contribution in [0.5, 0.6) is 0 Å². The second-order valence-electron chi connectivity index (χ2n) is 5.81. The molecule has 0 bridgehead atoms. The Hall–Kier alpha value is -3.88. The van der Waals surface area contributed by atoms with E-state index in [-0.39, 0.29) is 22.5 Å². The number of hydroxylamine groups is 2. The maximum Gasteiger partial charge on any atom is 0.276 e. The highest BCUT2D eigenvalue weighted by atomic mass is 16.5. The molecule has 0 saturated carbocycles. The summed E-state index contributed by atoms with van der Waals surface area (Å²) in [6, 6.07) is 20.8. The van der Waals surface area contributed by atoms with Crippen molar-refractivity contribution in [3.8, 4) is 0 Å². The summed E-state index contributed by atoms with van der Waals surface area (Å²) in [5, 5.41) is 24.3. The van der Waals surface area contributed by atoms with Gasteiger partial charge in [0.15, 0.2) is 0 Å². The molecule has 0 unspecified atom stereocenters. The van der Waals surface area contributed by atoms with Crippen LogP contribution in [-0.4, -0.2) is 22.2 Å². The van der Waals surface area contributed by atoms with E-state index >= 15 is 0 Å². The van der Waals surface area contributed by atoms with Crippen molar-refractivity contribution < 1.29 is 20.0 Å². The van der Waals surface area contributed by atoms with E-state index in [0.29, 0.717) is 11.4 Å². The van der Waals surface area contributed by atoms with Gasteiger partial charge in [0.2, 0.25) is 0 Å². The third-order valence-corrected chi connectivity index (χ3v) is 3.96. The molecule has 0 aliphatic rings. The van der Waals surface area contributed by atoms with Crippen molar-refractivity contribution >= 4 is 34.6 Å². The second kappa shape index (κ2) is 8.67. The molecule has 0 saturated heterocycles. The standard InChI is InChI=1S/C20H18N4O4/c25-19(23-27)15-12-18(22-14-9-5-2-6-10-14)16(20(26)24-28)11-17(15)21-13-7-3-1-4-8-13/h1-12,21-22,27-28H,(H,23,25)(H,24,26). The van der Waals surface area contributed by atoms with Gasteiger partial charge in [-0.2, -0.15) is 0 Å². The van der Waals surface area contributed by atoms with Gasteiger partial charge in [0.05, 0.1) is 22.5 Å². The van der Waals surface area contributed by atoms with Gasteiger partial charge in [-0.25, -0.2) is 11.0 Å². The maximum atomic E-state index is 12.2. The summed E-state index contributed by atoms with van der Waals surface area (Å²) in [5.74, 6) is -1.52. The van der Waals surface area contributed by atoms with Gasteiger partial charge < -0.3 is 10.6 Å². The van der Waals surface area contributed by atoms with Crippen LogP contribution in [0, 0.1) is 0 Å². The SMILES string of the molecule is O=C(NO)c1cc(Nc2ccccc2)c(C(=O)NO)cc1Nc1ccccc1. The number of amides is 2. The molecule has 3 aromatic rings. The van der Waals surface area contributed by atoms with Gasteiger partial charge in [0, 0.05) is 11.4 Å². The summed E-state index contributed by atoms with van der Waals surface area (Å²) >= 11 is 0. The third-order valence-electron chi connectivity index (χ3n) is 3.96. The lowest BCUT2D eigenvalue weighted by Crippen LogP contribution is -2.23. The minimum absolute atomic E-state index is 0.0965. The Morgan fingerprint density at radius 3 is 1.29 bits per heavy atom. The second-order valence-corrected chi connectivity index (χ2v) is 5.81. The summed E-state index contributed by atoms with van der Waals surface area (Å²) in [6.45, 7) is 0. The lowest BCUT2D eigenvalue weighted by atomic mass is 10.0. The molecule has 6 N–H and O–H groups in total. The molecular weight excluding hydrogens is 360 g/mol. The normalized spacial score (nSPS) is 10.1. The molecule has 2 amide bonds. The zero-order valence-corrected chi connectivity index (χ0v) is 14.6. The number of carbonyl (C=O) groups excluding carboxylic acids is 2. The Bertz CT molecular complexity index is 897. The van der Waals surface area contributed by atoms with Crippen molar-refractivity contribution in [1.29, 1.82) is 0 Å². The van der Waals surface area contributed by atoms with E-state index in [4.69, 9.17) is 10.4 Å². The Morgan fingerprint density at radius 1 is 0.607 bits per heavy atom. The Morgan fingerprint density at radius 2 is 0.964 bits per heavy atom. The molecule has 0 spiro atoms. The van der Waals surface area contributed by atoms with E-state index in [1.165, 1.54) is 12.1 Å². The summed E-state index contributed by atoms with van der Waals surface area (Å²) in [7, 11) is 0. The van der Waals surface area contributed by atoms with Crippen molar-refractivity contribution in [2.75, 3.05) is 10.6 Å². The number of para-hydroxylation sites is 2. The first-order chi connectivity index (χ1) is 13.6. The van der Waals surface area contributed by atoms with Gasteiger partial charge in [-0.3, -0.25) is 20.0 Å². The van der Waals surface area contributed by atoms with Gasteiger partial charge in [0.25, 0.3) is 11.8 Å². The molecule has 3 aromatic carbocycles. The minimum atomic E-state index is -0.759. The van der Waals surface area contributed by atoms with E-state index in [2.05, 4.69) is 10.6 Å². The highest BCUT2D eigenvalue weighted by Crippen LogP contribution is 2.30. The van der Waals surface area contributed by atoms with Crippen LogP contribution in [0.4, 0.5) is 22.7 Å². The summed E-state index contributed by atoms with van der Waals surface area (Å²) < 4.78 is 0. The van der Waals surface area contributed by atoms with Crippen LogP contribution < -0.4 is 21.6 Å². The number of benzene rings is 3. The summed E-state index contributed by atoms with van der Waals surface area (Å²) in [6.07, 6.45) is 0. The zero-order chi connectivity index (χ0) is 19.9. The largest absolute Gasteiger partial charge is 0.355 e. The molecule has 0 aromatic heterocycles. The van der Waals surface area contributed by atoms with Crippen LogP contribution in [0.3, 0.4) is 0 Å². The van der Waals surface area contributed by atoms with E-state index in [1.54, 1.807) is 59.5 Å². The first-order valence-corrected chi connectivity index (χ1v) is 8.33. The molecule has 0 radical (unpaired) electrons. The van der Waals surface area contributed by atoms with Gasteiger partial charge in [-0.1, -0.05) is 36.4 Å². The molecule has 8 heteroatoms. The van der Waals surface area contributed by atoms with Gasteiger partial charge in [0.1, 0.15) is 0 Å². The average molecular weight is 378 g/mol. The molecular formula is C20H18N4O4. The van der Waals surface area contributed by atoms with E-state index in [9.17, 15) is 9.59 Å². The first kappa shape index (κ1) is 18.9. The zero-order valence-electron chi connectivity index (χ0n) is 14.6. The fraction of sp³-hybridized carbons (Fsp3) is 0. The number of nitrogens with one attached hydrogen (secondary N) is 4. The highest BCUT2D eigenvalue weighted by molar-refractivity contribution is 6.07. The molecule has 0 aliphatic heterocycles. The fourth-order valence-corrected chi connectivity index (χ4v) is 2.66. The quantitative estimate of drug-likeness (QED) is 0.289. The maximum absolute atomic E-state index is 12.2. The average Bonchev–Trinajstić information content (AvgIpc) is 2.74. The molecule has 3 rings (SSSR count). The van der Waals surface area contributed by atoms with E-state index in [0.717, 1.165) is 0 Å². The third kappa shape index (κ3) is 4.26. The van der Waals surface area contributed by atoms with Crippen LogP contribution in [-0.2, 0) is 0 Å². The lowest BCUT2D eigenvalue weighted by molar-refractivity contribution is 0.0699. The highest BCUT2D eigenvalue weighted by Gasteiger charge is 2.19. The Labute approximate surface area is 160 Å². The molecule has 0 fully saturated rings. The lowest BCUT2D eigenvalue weighted by Gasteiger charge is -2.17. The summed E-state index contributed by atoms with van der Waals surface area (Å²) in [5.41, 5.74) is 5.30. The Balaban J connectivity index is 2.10. The molecule has 0 heterocycles. The smallest absolute Gasteiger partial charge is 0.276 e. The van der Waals surface area contributed by atoms with Crippen LogP contribution >= 0.6 is 0 Å². The minimum Gasteiger partial charge on any atom is -0.355 e. The fourth-order valence-electron chi connectivity index (χ4n) is 2.66. The van der Waals surface area contributed by atoms with Crippen molar-refractivity contribution in [1.82, 2.24) is 11.0 Å². The van der Waals surface area contributed by atoms with Crippen molar-refractivity contribution in [2.24, 2.45) is 0 Å². The molecule has 0 aliphatic carbocycles. The predicted molar refractivity (Wildman–Crippen MR) is 104 cm³/mol. The number of carbonyl (C=O) groups is 2. The van der Waals surface area contributed by atoms with Crippen LogP contribution in [0.15, 0.2) is 72.8 Å². The summed E-state index contributed by atoms with van der Waals surface area (Å²) in [4.78, 5) is 24.4. The van der Waals surface area contributed by atoms with Gasteiger partial charge >= 0.3 is 0 Å². The topological polar surface area (TPSA) is 123 Å². The monoisotopic (exact) mass is 378 g/mol. The first-order valence-electron chi connectivity index (χ1n) is 8.33. The number of rotatable bonds is 6.